The molecular formula is C6H9ClN3O6P. The number of cyclic esters (lactones) is 2. The lowest BCUT2D eigenvalue weighted by molar-refractivity contribution is -0.0517. The van der Waals surface area contributed by atoms with E-state index in [1.807, 2.05) is 0 Å². The summed E-state index contributed by atoms with van der Waals surface area (Å²) in [7, 11) is 0. The topological polar surface area (TPSA) is 101 Å². The highest BCUT2D eigenvalue weighted by atomic mass is 35.7. The quantitative estimate of drug-likeness (QED) is 0.786. The van der Waals surface area contributed by atoms with Gasteiger partial charge in [0, 0.05) is 0 Å². The van der Waals surface area contributed by atoms with E-state index in [9.17, 15) is 9.59 Å². The van der Waals surface area contributed by atoms with Crippen molar-refractivity contribution in [2.45, 2.75) is 0 Å². The molecule has 2 aliphatic heterocycles. The van der Waals surface area contributed by atoms with Gasteiger partial charge in [0.25, 0.3) is 0 Å². The molecule has 0 aromatic carbocycles. The van der Waals surface area contributed by atoms with Crippen molar-refractivity contribution in [3.05, 3.63) is 0 Å². The van der Waals surface area contributed by atoms with E-state index in [0.717, 1.165) is 10.1 Å². The number of halogens is 1. The molecule has 2 amide bonds. The maximum absolute atomic E-state index is 11.0. The van der Waals surface area contributed by atoms with Crippen LogP contribution in [0, 0.1) is 5.16 Å². The Kier molecular flexibility index (Phi) is 3.43. The van der Waals surface area contributed by atoms with Gasteiger partial charge >= 0.3 is 19.0 Å². The molecular weight excluding hydrogens is 277 g/mol. The Morgan fingerprint density at radius 2 is 1.53 bits per heavy atom. The van der Waals surface area contributed by atoms with Gasteiger partial charge in [0.1, 0.15) is 13.2 Å². The molecule has 0 spiro atoms. The number of hydrogen-bond donors (Lipinski definition) is 1. The minimum atomic E-state index is -3.64. The molecule has 0 bridgehead atoms. The van der Waals surface area contributed by atoms with Crippen LogP contribution in [-0.2, 0) is 18.7 Å². The highest BCUT2D eigenvalue weighted by Crippen LogP contribution is 2.56. The second-order valence-electron chi connectivity index (χ2n) is 3.08. The Labute approximate surface area is 101 Å². The highest BCUT2D eigenvalue weighted by molar-refractivity contribution is 7.82. The van der Waals surface area contributed by atoms with Crippen molar-refractivity contribution in [1.82, 2.24) is 10.1 Å². The van der Waals surface area contributed by atoms with Crippen molar-refractivity contribution in [2.24, 2.45) is 0 Å². The molecule has 0 saturated carbocycles. The number of rotatable bonds is 4. The summed E-state index contributed by atoms with van der Waals surface area (Å²) in [6.07, 6.45) is -1.48. The zero-order valence-electron chi connectivity index (χ0n) is 8.50. The fraction of sp³-hybridized carbons (Fsp3) is 0.667. The predicted octanol–water partition coefficient (Wildman–Crippen LogP) is 1.52. The molecule has 2 aliphatic rings. The first-order valence-corrected chi connectivity index (χ1v) is 7.13. The third-order valence-corrected chi connectivity index (χ3v) is 3.04. The Morgan fingerprint density at radius 1 is 1.12 bits per heavy atom. The summed E-state index contributed by atoms with van der Waals surface area (Å²) in [6, 6.07) is 0. The van der Waals surface area contributed by atoms with Gasteiger partial charge in [-0.3, -0.25) is 5.16 Å². The van der Waals surface area contributed by atoms with E-state index < -0.39 is 19.0 Å². The Morgan fingerprint density at radius 3 is 1.82 bits per heavy atom. The Balaban J connectivity index is 1.92. The predicted molar refractivity (Wildman–Crippen MR) is 53.8 cm³/mol. The standard InChI is InChI=1S/C6H9ClN3O6P/c7-17(8,15-9-1-3-13-5(9)11)16-10-2-4-14-6(10)12/h8H,1-4H2. The van der Waals surface area contributed by atoms with Gasteiger partial charge in [-0.05, 0) is 11.2 Å². The zero-order valence-corrected chi connectivity index (χ0v) is 10.1. The van der Waals surface area contributed by atoms with Crippen molar-refractivity contribution < 1.29 is 28.3 Å². The molecule has 9 nitrogen and oxygen atoms in total. The average Bonchev–Trinajstić information content (AvgIpc) is 2.78. The molecule has 96 valence electrons. The molecule has 0 unspecified atom stereocenters. The average molecular weight is 286 g/mol. The van der Waals surface area contributed by atoms with Crippen LogP contribution >= 0.6 is 18.1 Å². The second kappa shape index (κ2) is 4.69. The number of hydrogen-bond acceptors (Lipinski definition) is 7. The summed E-state index contributed by atoms with van der Waals surface area (Å²) in [4.78, 5) is 22.1. The van der Waals surface area contributed by atoms with E-state index in [1.54, 1.807) is 0 Å². The van der Waals surface area contributed by atoms with Crippen LogP contribution in [0.4, 0.5) is 9.59 Å². The van der Waals surface area contributed by atoms with Crippen molar-refractivity contribution in [2.75, 3.05) is 26.3 Å². The van der Waals surface area contributed by atoms with Crippen LogP contribution < -0.4 is 0 Å². The minimum absolute atomic E-state index is 0.153. The minimum Gasteiger partial charge on any atom is -0.446 e. The summed E-state index contributed by atoms with van der Waals surface area (Å²) in [5.41, 5.74) is 0. The van der Waals surface area contributed by atoms with Gasteiger partial charge in [-0.1, -0.05) is 0 Å². The van der Waals surface area contributed by atoms with E-state index in [4.69, 9.17) is 25.7 Å². The third kappa shape index (κ3) is 3.01. The number of nitrogens with zero attached hydrogens (tertiary/aromatic N) is 2. The van der Waals surface area contributed by atoms with Crippen molar-refractivity contribution in [3.8, 4) is 0 Å². The van der Waals surface area contributed by atoms with Crippen LogP contribution in [0.5, 0.6) is 0 Å². The first kappa shape index (κ1) is 12.4. The fourth-order valence-corrected chi connectivity index (χ4v) is 2.46. The van der Waals surface area contributed by atoms with Gasteiger partial charge in [-0.25, -0.2) is 9.59 Å². The lowest BCUT2D eigenvalue weighted by Crippen LogP contribution is -2.27. The number of nitrogens with one attached hydrogen (secondary N) is 1. The molecule has 0 atom stereocenters. The van der Waals surface area contributed by atoms with Gasteiger partial charge in [0.15, 0.2) is 0 Å². The zero-order chi connectivity index (χ0) is 12.5. The third-order valence-electron chi connectivity index (χ3n) is 1.85. The van der Waals surface area contributed by atoms with Crippen LogP contribution in [-0.4, -0.2) is 48.6 Å². The summed E-state index contributed by atoms with van der Waals surface area (Å²) in [6.45, 7) is -3.03. The molecule has 2 fully saturated rings. The number of ether oxygens (including phenoxy) is 2. The number of carbonyl (C=O) groups excluding carboxylic acids is 2. The maximum atomic E-state index is 11.0. The molecule has 1 N–H and O–H groups in total. The summed E-state index contributed by atoms with van der Waals surface area (Å²) < 4.78 is 18.9. The van der Waals surface area contributed by atoms with Crippen molar-refractivity contribution >= 4 is 30.3 Å². The highest BCUT2D eigenvalue weighted by Gasteiger charge is 2.35. The molecule has 17 heavy (non-hydrogen) atoms. The summed E-state index contributed by atoms with van der Waals surface area (Å²) in [5, 5.41) is 9.14. The van der Waals surface area contributed by atoms with Crippen LogP contribution in [0.25, 0.3) is 0 Å². The number of amides is 2. The SMILES string of the molecule is N=P(Cl)(ON1CCOC1=O)ON1CCOC1=O. The number of carbonyl (C=O) groups is 2. The lowest BCUT2D eigenvalue weighted by Gasteiger charge is -2.22. The molecule has 11 heteroatoms. The molecule has 2 saturated heterocycles. The second-order valence-corrected chi connectivity index (χ2v) is 5.70. The van der Waals surface area contributed by atoms with Crippen LogP contribution in [0.3, 0.4) is 0 Å². The summed E-state index contributed by atoms with van der Waals surface area (Å²) in [5.74, 6) is 0. The van der Waals surface area contributed by atoms with Crippen LogP contribution in [0.15, 0.2) is 0 Å². The Hall–Kier alpha value is -1.02. The van der Waals surface area contributed by atoms with Crippen LogP contribution in [0.2, 0.25) is 0 Å². The van der Waals surface area contributed by atoms with Gasteiger partial charge < -0.3 is 9.47 Å². The monoisotopic (exact) mass is 285 g/mol. The molecule has 2 heterocycles. The normalized spacial score (nSPS) is 20.8. The molecule has 0 aliphatic carbocycles. The van der Waals surface area contributed by atoms with E-state index in [0.29, 0.717) is 0 Å². The lowest BCUT2D eigenvalue weighted by atomic mass is 10.7. The maximum Gasteiger partial charge on any atom is 0.434 e. The molecule has 0 aromatic heterocycles. The molecule has 2 rings (SSSR count). The number of hydroxylamine groups is 4. The molecule has 0 radical (unpaired) electrons. The first-order valence-electron chi connectivity index (χ1n) is 4.60. The largest absolute Gasteiger partial charge is 0.446 e. The fourth-order valence-electron chi connectivity index (χ4n) is 1.18. The Bertz CT molecular complexity index is 360. The molecule has 0 aromatic rings. The van der Waals surface area contributed by atoms with Crippen molar-refractivity contribution in [1.29, 1.82) is 5.16 Å². The first-order chi connectivity index (χ1) is 7.98. The van der Waals surface area contributed by atoms with Gasteiger partial charge in [-0.15, -0.1) is 0 Å². The van der Waals surface area contributed by atoms with Gasteiger partial charge in [-0.2, -0.15) is 19.4 Å². The van der Waals surface area contributed by atoms with Crippen LogP contribution in [0.1, 0.15) is 0 Å². The van der Waals surface area contributed by atoms with Gasteiger partial charge in [0.05, 0.1) is 13.1 Å². The smallest absolute Gasteiger partial charge is 0.434 e. The van der Waals surface area contributed by atoms with E-state index >= 15 is 0 Å². The van der Waals surface area contributed by atoms with E-state index in [-0.39, 0.29) is 26.3 Å². The van der Waals surface area contributed by atoms with Crippen molar-refractivity contribution in [3.63, 3.8) is 0 Å². The van der Waals surface area contributed by atoms with E-state index in [1.165, 1.54) is 0 Å². The van der Waals surface area contributed by atoms with E-state index in [2.05, 4.69) is 9.47 Å². The van der Waals surface area contributed by atoms with Gasteiger partial charge in [0.2, 0.25) is 0 Å². The summed E-state index contributed by atoms with van der Waals surface area (Å²) >= 11 is 5.66.